The average molecular weight is 319 g/mol. The fraction of sp³-hybridized carbons (Fsp3) is 0.412. The van der Waals surface area contributed by atoms with E-state index in [1.165, 1.54) is 6.92 Å². The van der Waals surface area contributed by atoms with Crippen LogP contribution in [0.1, 0.15) is 25.5 Å². The first-order chi connectivity index (χ1) is 11.0. The first-order valence-corrected chi connectivity index (χ1v) is 7.73. The zero-order chi connectivity index (χ0) is 16.6. The van der Waals surface area contributed by atoms with Gasteiger partial charge < -0.3 is 10.2 Å². The number of hydrogen-bond acceptors (Lipinski definition) is 3. The van der Waals surface area contributed by atoms with Crippen molar-refractivity contribution in [2.45, 2.75) is 32.7 Å². The summed E-state index contributed by atoms with van der Waals surface area (Å²) in [5.74, 6) is -1.86. The van der Waals surface area contributed by atoms with Crippen molar-refractivity contribution in [1.82, 2.24) is 10.3 Å². The third kappa shape index (κ3) is 3.11. The second-order valence-electron chi connectivity index (χ2n) is 6.03. The number of carbonyl (C=O) groups is 1. The fourth-order valence-corrected chi connectivity index (χ4v) is 3.20. The molecule has 1 saturated heterocycles. The molecule has 0 spiro atoms. The van der Waals surface area contributed by atoms with E-state index in [0.29, 0.717) is 17.6 Å². The van der Waals surface area contributed by atoms with Crippen molar-refractivity contribution in [3.05, 3.63) is 35.5 Å². The van der Waals surface area contributed by atoms with Crippen molar-refractivity contribution in [3.8, 4) is 0 Å². The zero-order valence-corrected chi connectivity index (χ0v) is 13.2. The Kier molecular flexibility index (Phi) is 4.15. The molecule has 3 rings (SSSR count). The van der Waals surface area contributed by atoms with Crippen molar-refractivity contribution >= 4 is 22.5 Å². The van der Waals surface area contributed by atoms with Crippen molar-refractivity contribution in [1.29, 1.82) is 0 Å². The Labute approximate surface area is 133 Å². The quantitative estimate of drug-likeness (QED) is 0.926. The summed E-state index contributed by atoms with van der Waals surface area (Å²) < 4.78 is 27.5. The number of aryl methyl sites for hydroxylation is 1. The molecule has 6 heteroatoms. The molecule has 1 aromatic heterocycles. The lowest BCUT2D eigenvalue weighted by Gasteiger charge is -2.35. The Bertz CT molecular complexity index is 763. The van der Waals surface area contributed by atoms with Crippen molar-refractivity contribution in [3.63, 3.8) is 0 Å². The van der Waals surface area contributed by atoms with Crippen LogP contribution < -0.4 is 10.2 Å². The van der Waals surface area contributed by atoms with Gasteiger partial charge in [0.25, 0.3) is 0 Å². The monoisotopic (exact) mass is 319 g/mol. The summed E-state index contributed by atoms with van der Waals surface area (Å²) in [5, 5.41) is 3.53. The second-order valence-corrected chi connectivity index (χ2v) is 6.03. The number of rotatable bonds is 2. The summed E-state index contributed by atoms with van der Waals surface area (Å²) in [6.07, 6.45) is 1.85. The molecule has 23 heavy (non-hydrogen) atoms. The molecule has 0 bridgehead atoms. The van der Waals surface area contributed by atoms with E-state index in [1.807, 2.05) is 6.07 Å². The highest BCUT2D eigenvalue weighted by atomic mass is 19.2. The Morgan fingerprint density at radius 2 is 2.17 bits per heavy atom. The minimum Gasteiger partial charge on any atom is -0.369 e. The summed E-state index contributed by atoms with van der Waals surface area (Å²) in [6, 6.07) is 4.65. The maximum atomic E-state index is 14.1. The van der Waals surface area contributed by atoms with Gasteiger partial charge in [-0.3, -0.25) is 4.79 Å². The van der Waals surface area contributed by atoms with Gasteiger partial charge in [-0.05, 0) is 38.0 Å². The number of carbonyl (C=O) groups excluding carboxylic acids is 1. The van der Waals surface area contributed by atoms with Crippen LogP contribution in [0.5, 0.6) is 0 Å². The van der Waals surface area contributed by atoms with Crippen LogP contribution in [0.25, 0.3) is 10.9 Å². The maximum absolute atomic E-state index is 14.1. The summed E-state index contributed by atoms with van der Waals surface area (Å²) in [5.41, 5.74) is 1.53. The van der Waals surface area contributed by atoms with E-state index in [2.05, 4.69) is 15.2 Å². The Morgan fingerprint density at radius 3 is 2.91 bits per heavy atom. The minimum atomic E-state index is -0.914. The summed E-state index contributed by atoms with van der Waals surface area (Å²) >= 11 is 0. The van der Waals surface area contributed by atoms with Crippen molar-refractivity contribution in [2.75, 3.05) is 18.0 Å². The highest BCUT2D eigenvalue weighted by molar-refractivity contribution is 5.92. The van der Waals surface area contributed by atoms with Gasteiger partial charge in [-0.25, -0.2) is 13.8 Å². The summed E-state index contributed by atoms with van der Waals surface area (Å²) in [7, 11) is 0. The zero-order valence-electron chi connectivity index (χ0n) is 13.2. The Morgan fingerprint density at radius 1 is 1.39 bits per heavy atom. The van der Waals surface area contributed by atoms with Crippen LogP contribution in [-0.4, -0.2) is 30.0 Å². The number of nitrogens with one attached hydrogen (secondary N) is 1. The van der Waals surface area contributed by atoms with E-state index in [9.17, 15) is 13.6 Å². The number of anilines is 1. The number of hydrogen-bond donors (Lipinski definition) is 1. The molecule has 0 radical (unpaired) electrons. The Balaban J connectivity index is 2.02. The second kappa shape index (κ2) is 6.10. The van der Waals surface area contributed by atoms with Crippen LogP contribution in [0.15, 0.2) is 18.2 Å². The van der Waals surface area contributed by atoms with E-state index in [4.69, 9.17) is 0 Å². The van der Waals surface area contributed by atoms with Crippen molar-refractivity contribution < 1.29 is 13.6 Å². The summed E-state index contributed by atoms with van der Waals surface area (Å²) in [4.78, 5) is 17.5. The Hall–Kier alpha value is -2.24. The molecule has 1 amide bonds. The van der Waals surface area contributed by atoms with Gasteiger partial charge in [-0.2, -0.15) is 0 Å². The highest BCUT2D eigenvalue weighted by Crippen LogP contribution is 2.31. The van der Waals surface area contributed by atoms with E-state index in [0.717, 1.165) is 31.1 Å². The molecule has 1 N–H and O–H groups in total. The first kappa shape index (κ1) is 15.6. The van der Waals surface area contributed by atoms with Crippen LogP contribution >= 0.6 is 0 Å². The lowest BCUT2D eigenvalue weighted by Crippen LogP contribution is -2.47. The molecule has 1 aromatic carbocycles. The number of halogens is 2. The van der Waals surface area contributed by atoms with Gasteiger partial charge >= 0.3 is 0 Å². The number of fused-ring (bicyclic) bond motifs is 1. The molecule has 122 valence electrons. The first-order valence-electron chi connectivity index (χ1n) is 7.73. The average Bonchev–Trinajstić information content (AvgIpc) is 2.50. The number of pyridine rings is 1. The van der Waals surface area contributed by atoms with Crippen LogP contribution in [-0.2, 0) is 4.79 Å². The maximum Gasteiger partial charge on any atom is 0.217 e. The molecule has 1 aliphatic heterocycles. The predicted octanol–water partition coefficient (Wildman–Crippen LogP) is 2.93. The third-order valence-corrected chi connectivity index (χ3v) is 4.15. The predicted molar refractivity (Wildman–Crippen MR) is 85.4 cm³/mol. The van der Waals surface area contributed by atoms with Gasteiger partial charge in [-0.15, -0.1) is 0 Å². The molecule has 1 aliphatic rings. The number of benzene rings is 1. The minimum absolute atomic E-state index is 0.0549. The number of nitrogens with zero attached hydrogens (tertiary/aromatic N) is 2. The smallest absolute Gasteiger partial charge is 0.217 e. The third-order valence-electron chi connectivity index (χ3n) is 4.15. The SMILES string of the molecule is CC(=O)N[C@H]1CCCN(c2cc(C)nc3c(F)c(F)ccc23)C1. The van der Waals surface area contributed by atoms with E-state index in [1.54, 1.807) is 13.0 Å². The topological polar surface area (TPSA) is 45.2 Å². The van der Waals surface area contributed by atoms with E-state index < -0.39 is 11.6 Å². The highest BCUT2D eigenvalue weighted by Gasteiger charge is 2.23. The largest absolute Gasteiger partial charge is 0.369 e. The lowest BCUT2D eigenvalue weighted by atomic mass is 10.0. The molecule has 0 saturated carbocycles. The van der Waals surface area contributed by atoms with Crippen LogP contribution in [0.4, 0.5) is 14.5 Å². The van der Waals surface area contributed by atoms with Gasteiger partial charge in [0.05, 0.1) is 0 Å². The van der Waals surface area contributed by atoms with Gasteiger partial charge in [0.2, 0.25) is 5.91 Å². The molecule has 4 nitrogen and oxygen atoms in total. The lowest BCUT2D eigenvalue weighted by molar-refractivity contribution is -0.119. The summed E-state index contributed by atoms with van der Waals surface area (Å²) in [6.45, 7) is 4.73. The van der Waals surface area contributed by atoms with Gasteiger partial charge in [0, 0.05) is 42.8 Å². The van der Waals surface area contributed by atoms with Crippen LogP contribution in [0.3, 0.4) is 0 Å². The number of aromatic nitrogens is 1. The molecular formula is C17H19F2N3O. The molecular weight excluding hydrogens is 300 g/mol. The number of piperidine rings is 1. The van der Waals surface area contributed by atoms with E-state index in [-0.39, 0.29) is 17.5 Å². The van der Waals surface area contributed by atoms with Crippen LogP contribution in [0.2, 0.25) is 0 Å². The molecule has 2 heterocycles. The molecule has 2 aromatic rings. The van der Waals surface area contributed by atoms with Gasteiger partial charge in [0.15, 0.2) is 11.6 Å². The molecule has 1 atom stereocenters. The van der Waals surface area contributed by atoms with Gasteiger partial charge in [0.1, 0.15) is 5.52 Å². The number of amides is 1. The normalized spacial score (nSPS) is 18.3. The molecule has 0 aliphatic carbocycles. The molecule has 1 fully saturated rings. The van der Waals surface area contributed by atoms with Gasteiger partial charge in [-0.1, -0.05) is 0 Å². The van der Waals surface area contributed by atoms with Crippen LogP contribution in [0, 0.1) is 18.6 Å². The van der Waals surface area contributed by atoms with E-state index >= 15 is 0 Å². The standard InChI is InChI=1S/C17H19F2N3O/c1-10-8-15(13-5-6-14(18)16(19)17(13)20-10)22-7-3-4-12(9-22)21-11(2)23/h5-6,8,12H,3-4,7,9H2,1-2H3,(H,21,23)/t12-/m0/s1. The molecule has 0 unspecified atom stereocenters. The fourth-order valence-electron chi connectivity index (χ4n) is 3.20. The van der Waals surface area contributed by atoms with Crippen molar-refractivity contribution in [2.24, 2.45) is 0 Å².